The highest BCUT2D eigenvalue weighted by atomic mass is 16.7. The molecule has 2 N–H and O–H groups in total. The number of anilines is 2. The number of para-hydroxylation sites is 1. The number of benzene rings is 2. The van der Waals surface area contributed by atoms with Crippen LogP contribution in [0, 0.1) is 0 Å². The van der Waals surface area contributed by atoms with E-state index in [4.69, 9.17) is 19.9 Å². The molecule has 178 valence electrons. The van der Waals surface area contributed by atoms with Gasteiger partial charge in [0, 0.05) is 42.1 Å². The van der Waals surface area contributed by atoms with Crippen molar-refractivity contribution in [3.05, 3.63) is 70.7 Å². The van der Waals surface area contributed by atoms with E-state index in [1.165, 1.54) is 12.0 Å². The van der Waals surface area contributed by atoms with Crippen LogP contribution in [-0.2, 0) is 24.5 Å². The van der Waals surface area contributed by atoms with Gasteiger partial charge in [0.1, 0.15) is 16.8 Å². The molecule has 0 saturated heterocycles. The quantitative estimate of drug-likeness (QED) is 0.663. The molecular formula is C26H23N3O6. The van der Waals surface area contributed by atoms with Crippen LogP contribution in [0.25, 0.3) is 0 Å². The minimum atomic E-state index is -1.68. The Morgan fingerprint density at radius 3 is 2.66 bits per heavy atom. The number of methoxy groups -OCH3 is 1. The van der Waals surface area contributed by atoms with Gasteiger partial charge in [0.15, 0.2) is 17.3 Å². The molecule has 1 aliphatic carbocycles. The molecule has 0 fully saturated rings. The molecule has 0 saturated carbocycles. The predicted octanol–water partition coefficient (Wildman–Crippen LogP) is 2.50. The first-order valence-corrected chi connectivity index (χ1v) is 11.3. The molecule has 0 bridgehead atoms. The summed E-state index contributed by atoms with van der Waals surface area (Å²) in [4.78, 5) is 44.3. The fraction of sp³-hybridized carbons (Fsp3) is 0.269. The summed E-state index contributed by atoms with van der Waals surface area (Å²) in [5.74, 6) is -0.200. The molecule has 1 unspecified atom stereocenters. The Morgan fingerprint density at radius 2 is 1.86 bits per heavy atom. The van der Waals surface area contributed by atoms with Crippen LogP contribution in [-0.4, -0.2) is 38.6 Å². The number of likely N-dealkylation sites (N-methyl/N-ethyl adjacent to an activating group) is 1. The monoisotopic (exact) mass is 473 g/mol. The second kappa shape index (κ2) is 7.36. The Bertz CT molecular complexity index is 1390. The van der Waals surface area contributed by atoms with Crippen LogP contribution in [0.3, 0.4) is 0 Å². The molecular weight excluding hydrogens is 450 g/mol. The zero-order chi connectivity index (χ0) is 24.5. The largest absolute Gasteiger partial charge is 0.466 e. The van der Waals surface area contributed by atoms with Crippen molar-refractivity contribution < 1.29 is 28.6 Å². The molecule has 1 spiro atoms. The number of ether oxygens (including phenoxy) is 3. The van der Waals surface area contributed by atoms with E-state index in [-0.39, 0.29) is 36.0 Å². The Kier molecular flexibility index (Phi) is 4.48. The van der Waals surface area contributed by atoms with E-state index in [2.05, 4.69) is 0 Å². The number of rotatable bonds is 2. The van der Waals surface area contributed by atoms with Gasteiger partial charge in [-0.2, -0.15) is 0 Å². The van der Waals surface area contributed by atoms with Crippen molar-refractivity contribution >= 4 is 29.0 Å². The fourth-order valence-electron chi connectivity index (χ4n) is 5.77. The predicted molar refractivity (Wildman–Crippen MR) is 126 cm³/mol. The van der Waals surface area contributed by atoms with Crippen molar-refractivity contribution in [2.75, 3.05) is 30.8 Å². The normalized spacial score (nSPS) is 22.7. The van der Waals surface area contributed by atoms with E-state index in [0.717, 1.165) is 0 Å². The number of carbonyl (C=O) groups is 3. The number of nitrogens with zero attached hydrogens (tertiary/aromatic N) is 2. The van der Waals surface area contributed by atoms with E-state index in [9.17, 15) is 14.4 Å². The Labute approximate surface area is 201 Å². The Morgan fingerprint density at radius 1 is 1.09 bits per heavy atom. The third-order valence-electron chi connectivity index (χ3n) is 7.20. The van der Waals surface area contributed by atoms with E-state index >= 15 is 0 Å². The second-order valence-electron chi connectivity index (χ2n) is 8.85. The summed E-state index contributed by atoms with van der Waals surface area (Å²) < 4.78 is 16.1. The van der Waals surface area contributed by atoms with Gasteiger partial charge in [0.05, 0.1) is 12.8 Å². The number of nitrogens with two attached hydrogens (primary N) is 1. The van der Waals surface area contributed by atoms with Crippen LogP contribution >= 0.6 is 0 Å². The number of Topliss-reactive ketones (excluding diaryl/α,β-unsaturated/α-hetero) is 1. The molecule has 3 aliphatic heterocycles. The van der Waals surface area contributed by atoms with Crippen molar-refractivity contribution in [2.45, 2.75) is 24.7 Å². The minimum Gasteiger partial charge on any atom is -0.466 e. The van der Waals surface area contributed by atoms with Gasteiger partial charge < -0.3 is 24.8 Å². The number of esters is 1. The van der Waals surface area contributed by atoms with Gasteiger partial charge >= 0.3 is 5.97 Å². The number of amides is 1. The lowest BCUT2D eigenvalue weighted by atomic mass is 9.63. The Hall–Kier alpha value is -4.27. The lowest BCUT2D eigenvalue weighted by molar-refractivity contribution is -0.138. The minimum absolute atomic E-state index is 0.0441. The molecule has 6 rings (SSSR count). The first-order chi connectivity index (χ1) is 16.9. The average Bonchev–Trinajstić information content (AvgIpc) is 3.42. The number of fused-ring (bicyclic) bond motifs is 4. The number of hydrogen-bond donors (Lipinski definition) is 1. The summed E-state index contributed by atoms with van der Waals surface area (Å²) in [6, 6.07) is 12.5. The number of carbonyl (C=O) groups excluding carboxylic acids is 3. The highest BCUT2D eigenvalue weighted by Gasteiger charge is 2.63. The zero-order valence-corrected chi connectivity index (χ0v) is 19.3. The van der Waals surface area contributed by atoms with Crippen molar-refractivity contribution in [1.29, 1.82) is 0 Å². The van der Waals surface area contributed by atoms with E-state index < -0.39 is 17.3 Å². The van der Waals surface area contributed by atoms with Gasteiger partial charge in [-0.25, -0.2) is 4.79 Å². The maximum atomic E-state index is 14.1. The molecule has 35 heavy (non-hydrogen) atoms. The molecule has 9 heteroatoms. The van der Waals surface area contributed by atoms with Crippen LogP contribution in [0.15, 0.2) is 65.1 Å². The van der Waals surface area contributed by atoms with Crippen LogP contribution in [0.4, 0.5) is 11.4 Å². The SMILES string of the molecule is COC(=O)C1=C(N)N(c2ccc3c(c2)OCO3)C2=C(C(=O)CCC2)C12C(=O)N(C)c1ccccc12. The summed E-state index contributed by atoms with van der Waals surface area (Å²) in [6.07, 6.45) is 1.37. The summed E-state index contributed by atoms with van der Waals surface area (Å²) in [5, 5.41) is 0. The number of ketones is 1. The van der Waals surface area contributed by atoms with Crippen molar-refractivity contribution in [1.82, 2.24) is 0 Å². The third-order valence-corrected chi connectivity index (χ3v) is 7.20. The molecule has 2 aromatic rings. The highest BCUT2D eigenvalue weighted by molar-refractivity contribution is 6.24. The van der Waals surface area contributed by atoms with Gasteiger partial charge in [-0.15, -0.1) is 0 Å². The molecule has 3 heterocycles. The number of allylic oxidation sites excluding steroid dienone is 1. The summed E-state index contributed by atoms with van der Waals surface area (Å²) >= 11 is 0. The fourth-order valence-corrected chi connectivity index (χ4v) is 5.77. The second-order valence-corrected chi connectivity index (χ2v) is 8.85. The van der Waals surface area contributed by atoms with Crippen molar-refractivity contribution in [3.63, 3.8) is 0 Å². The maximum absolute atomic E-state index is 14.1. The summed E-state index contributed by atoms with van der Waals surface area (Å²) in [6.45, 7) is 0.102. The Balaban J connectivity index is 1.71. The van der Waals surface area contributed by atoms with Crippen LogP contribution < -0.4 is 25.0 Å². The van der Waals surface area contributed by atoms with Gasteiger partial charge in [-0.3, -0.25) is 14.5 Å². The first kappa shape index (κ1) is 21.3. The smallest absolute Gasteiger partial charge is 0.339 e. The standard InChI is InChI=1S/C26H23N3O6/c1-28-16-7-4-3-6-15(16)26(25(28)32)21-17(8-5-9-18(21)30)29(23(27)22(26)24(31)33-2)14-10-11-19-20(12-14)35-13-34-19/h3-4,6-7,10-12H,5,8-9,13,27H2,1-2H3. The van der Waals surface area contributed by atoms with Crippen LogP contribution in [0.5, 0.6) is 11.5 Å². The maximum Gasteiger partial charge on any atom is 0.339 e. The van der Waals surface area contributed by atoms with Crippen LogP contribution in [0.2, 0.25) is 0 Å². The topological polar surface area (TPSA) is 111 Å². The summed E-state index contributed by atoms with van der Waals surface area (Å²) in [7, 11) is 2.88. The molecule has 4 aliphatic rings. The zero-order valence-electron chi connectivity index (χ0n) is 19.3. The lowest BCUT2D eigenvalue weighted by Crippen LogP contribution is -2.54. The third kappa shape index (κ3) is 2.60. The van der Waals surface area contributed by atoms with Gasteiger partial charge in [-0.1, -0.05) is 18.2 Å². The van der Waals surface area contributed by atoms with E-state index in [0.29, 0.717) is 47.0 Å². The molecule has 1 atom stereocenters. The molecule has 1 amide bonds. The number of hydrogen-bond acceptors (Lipinski definition) is 8. The molecule has 9 nitrogen and oxygen atoms in total. The molecule has 0 radical (unpaired) electrons. The van der Waals surface area contributed by atoms with Gasteiger partial charge in [-0.05, 0) is 31.0 Å². The van der Waals surface area contributed by atoms with Crippen LogP contribution in [0.1, 0.15) is 24.8 Å². The van der Waals surface area contributed by atoms with Gasteiger partial charge in [0.2, 0.25) is 12.7 Å². The molecule has 0 aromatic heterocycles. The van der Waals surface area contributed by atoms with Crippen molar-refractivity contribution in [2.24, 2.45) is 5.73 Å². The van der Waals surface area contributed by atoms with E-state index in [1.54, 1.807) is 48.3 Å². The average molecular weight is 473 g/mol. The van der Waals surface area contributed by atoms with Crippen molar-refractivity contribution in [3.8, 4) is 11.5 Å². The highest BCUT2D eigenvalue weighted by Crippen LogP contribution is 2.57. The molecule has 2 aromatic carbocycles. The lowest BCUT2D eigenvalue weighted by Gasteiger charge is -2.44. The summed E-state index contributed by atoms with van der Waals surface area (Å²) in [5.41, 5.74) is 7.66. The van der Waals surface area contributed by atoms with E-state index in [1.807, 2.05) is 6.07 Å². The van der Waals surface area contributed by atoms with Gasteiger partial charge in [0.25, 0.3) is 0 Å². The first-order valence-electron chi connectivity index (χ1n) is 11.3.